The van der Waals surface area contributed by atoms with Gasteiger partial charge in [-0.3, -0.25) is 0 Å². The average molecular weight is 570 g/mol. The Morgan fingerprint density at radius 3 is 1.24 bits per heavy atom. The number of rotatable bonds is 6. The first kappa shape index (κ1) is 31.0. The van der Waals surface area contributed by atoms with E-state index in [0.717, 1.165) is 12.8 Å². The minimum atomic E-state index is -0.573. The third kappa shape index (κ3) is 6.25. The van der Waals surface area contributed by atoms with E-state index in [2.05, 4.69) is 116 Å². The first-order chi connectivity index (χ1) is 16.7. The molecule has 0 fully saturated rings. The Morgan fingerprint density at radius 2 is 0.892 bits per heavy atom. The minimum Gasteiger partial charge on any atom is -0.813 e. The summed E-state index contributed by atoms with van der Waals surface area (Å²) in [6.07, 6.45) is 2.19. The third-order valence-corrected chi connectivity index (χ3v) is 10.7. The average Bonchev–Trinajstić information content (AvgIpc) is 2.79. The molecule has 0 saturated carbocycles. The summed E-state index contributed by atoms with van der Waals surface area (Å²) in [4.78, 5) is 0. The minimum absolute atomic E-state index is 0. The van der Waals surface area contributed by atoms with Crippen molar-refractivity contribution in [3.8, 4) is 22.3 Å². The van der Waals surface area contributed by atoms with Crippen molar-refractivity contribution in [3.63, 3.8) is 0 Å². The zero-order valence-electron chi connectivity index (χ0n) is 23.6. The van der Waals surface area contributed by atoms with E-state index in [4.69, 9.17) is 0 Å². The molecule has 2 N–H and O–H groups in total. The molecule has 4 rings (SSSR count). The first-order valence-corrected chi connectivity index (χ1v) is 15.0. The van der Waals surface area contributed by atoms with Crippen molar-refractivity contribution in [2.75, 3.05) is 0 Å². The normalized spacial score (nSPS) is 10.6. The quantitative estimate of drug-likeness (QED) is 0.147. The second kappa shape index (κ2) is 13.0. The molecule has 0 heterocycles. The van der Waals surface area contributed by atoms with Gasteiger partial charge in [0, 0.05) is 0 Å². The molecule has 0 amide bonds. The van der Waals surface area contributed by atoms with Crippen molar-refractivity contribution in [2.45, 2.75) is 68.2 Å². The van der Waals surface area contributed by atoms with Gasteiger partial charge in [-0.25, -0.2) is 0 Å². The summed E-state index contributed by atoms with van der Waals surface area (Å²) in [6, 6.07) is 23.4. The fourth-order valence-electron chi connectivity index (χ4n) is 5.84. The van der Waals surface area contributed by atoms with Crippen LogP contribution < -0.4 is 8.79 Å². The van der Waals surface area contributed by atoms with Crippen molar-refractivity contribution >= 4 is 37.7 Å². The number of thiol groups is 1. The van der Waals surface area contributed by atoms with Crippen molar-refractivity contribution in [1.29, 1.82) is 0 Å². The van der Waals surface area contributed by atoms with Gasteiger partial charge < -0.3 is 19.0 Å². The molecule has 4 aromatic rings. The van der Waals surface area contributed by atoms with Gasteiger partial charge in [-0.2, -0.15) is 0 Å². The van der Waals surface area contributed by atoms with E-state index >= 15 is 0 Å². The van der Waals surface area contributed by atoms with Crippen LogP contribution in [-0.4, -0.2) is 20.9 Å². The number of aryl methyl sites for hydroxylation is 8. The maximum Gasteiger partial charge on any atom is -0.412 e. The van der Waals surface area contributed by atoms with Gasteiger partial charge in [0.2, 0.25) is 0 Å². The summed E-state index contributed by atoms with van der Waals surface area (Å²) in [5.41, 5.74) is 17.0. The van der Waals surface area contributed by atoms with E-state index in [1.165, 1.54) is 66.8 Å². The zero-order chi connectivity index (χ0) is 25.3. The third-order valence-electron chi connectivity index (χ3n) is 7.21. The van der Waals surface area contributed by atoms with Crippen molar-refractivity contribution in [1.82, 2.24) is 0 Å². The molecule has 0 atom stereocenters. The predicted octanol–water partition coefficient (Wildman–Crippen LogP) is 6.56. The summed E-state index contributed by atoms with van der Waals surface area (Å²) in [7, 11) is 0. The Balaban J connectivity index is 0.00000241. The molecule has 2 radical (unpaired) electrons. The van der Waals surface area contributed by atoms with Gasteiger partial charge in [0.25, 0.3) is 0 Å². The topological polar surface area (TPSA) is 31.5 Å². The number of hydrogen-bond donors (Lipinski definition) is 0. The van der Waals surface area contributed by atoms with Gasteiger partial charge in [0.1, 0.15) is 0 Å². The van der Waals surface area contributed by atoms with Crippen molar-refractivity contribution in [3.05, 3.63) is 105 Å². The molecule has 0 aliphatic carbocycles. The summed E-state index contributed by atoms with van der Waals surface area (Å²) >= 11 is -0.573. The molecule has 0 aliphatic heterocycles. The Labute approximate surface area is 238 Å². The molecule has 0 aromatic heterocycles. The molecule has 4 aromatic carbocycles. The van der Waals surface area contributed by atoms with Crippen LogP contribution in [0.15, 0.2) is 60.7 Å². The maximum absolute atomic E-state index is 2.38. The van der Waals surface area contributed by atoms with Gasteiger partial charge >= 0.3 is 220 Å². The SMILES string of the molecule is CCc1cccc(CC)[c]1[Ge][c]1c(-c2c(C)cc(C)cc2C)cccc1-c1c(C)cc(C)cc1C.O.[SH-]. The van der Waals surface area contributed by atoms with Crippen LogP contribution in [0.3, 0.4) is 0 Å². The molecular weight excluding hydrogens is 529 g/mol. The molecule has 0 unspecified atom stereocenters. The molecule has 3 heteroatoms. The molecule has 0 aliphatic rings. The van der Waals surface area contributed by atoms with Crippen LogP contribution in [0.2, 0.25) is 0 Å². The molecule has 0 saturated heterocycles. The fourth-order valence-corrected chi connectivity index (χ4v) is 9.57. The largest absolute Gasteiger partial charge is 0.813 e. The van der Waals surface area contributed by atoms with Crippen molar-refractivity contribution in [2.24, 2.45) is 0 Å². The van der Waals surface area contributed by atoms with Gasteiger partial charge in [-0.15, -0.1) is 0 Å². The summed E-state index contributed by atoms with van der Waals surface area (Å²) in [5, 5.41) is 0. The molecule has 1 nitrogen and oxygen atoms in total. The van der Waals surface area contributed by atoms with Gasteiger partial charge in [-0.05, 0) is 0 Å². The second-order valence-corrected chi connectivity index (χ2v) is 12.7. The fraction of sp³-hybridized carbons (Fsp3) is 0.294. The molecular formula is C34H41GeOS-. The summed E-state index contributed by atoms with van der Waals surface area (Å²) in [5.74, 6) is 0. The van der Waals surface area contributed by atoms with Crippen LogP contribution in [0.25, 0.3) is 22.3 Å². The molecule has 0 bridgehead atoms. The van der Waals surface area contributed by atoms with Crippen LogP contribution in [0, 0.1) is 41.5 Å². The molecule has 0 spiro atoms. The predicted molar refractivity (Wildman–Crippen MR) is 168 cm³/mol. The second-order valence-electron chi connectivity index (χ2n) is 10.1. The van der Waals surface area contributed by atoms with E-state index in [-0.39, 0.29) is 19.0 Å². The first-order valence-electron chi connectivity index (χ1n) is 12.9. The molecule has 37 heavy (non-hydrogen) atoms. The maximum atomic E-state index is 2.38. The summed E-state index contributed by atoms with van der Waals surface area (Å²) < 4.78 is 3.21. The van der Waals surface area contributed by atoms with E-state index < -0.39 is 15.4 Å². The van der Waals surface area contributed by atoms with E-state index in [9.17, 15) is 0 Å². The van der Waals surface area contributed by atoms with E-state index in [0.29, 0.717) is 0 Å². The Hall–Kier alpha value is -2.27. The van der Waals surface area contributed by atoms with Crippen LogP contribution in [0.1, 0.15) is 58.4 Å². The van der Waals surface area contributed by atoms with Gasteiger partial charge in [0.05, 0.1) is 0 Å². The van der Waals surface area contributed by atoms with Gasteiger partial charge in [0.15, 0.2) is 0 Å². The van der Waals surface area contributed by atoms with Crippen LogP contribution in [0.4, 0.5) is 0 Å². The standard InChI is InChI=1S/C34H38Ge.H2O.H2S/c1-9-27-13-11-14-28(10-2)33(27)35-34-29(31-23(5)17-21(3)18-24(31)6)15-12-16-30(34)32-25(7)19-22(4)20-26(32)8;;/h11-20H,9-10H2,1-8H3;2*1H2/p-1. The van der Waals surface area contributed by atoms with E-state index in [1.54, 1.807) is 8.79 Å². The smallest absolute Gasteiger partial charge is 0.412 e. The Bertz CT molecular complexity index is 1260. The summed E-state index contributed by atoms with van der Waals surface area (Å²) in [6.45, 7) is 18.2. The Morgan fingerprint density at radius 1 is 0.541 bits per heavy atom. The van der Waals surface area contributed by atoms with Crippen molar-refractivity contribution < 1.29 is 5.48 Å². The van der Waals surface area contributed by atoms with E-state index in [1.807, 2.05) is 0 Å². The molecule has 194 valence electrons. The van der Waals surface area contributed by atoms with Crippen LogP contribution in [-0.2, 0) is 26.3 Å². The van der Waals surface area contributed by atoms with Crippen LogP contribution in [0.5, 0.6) is 0 Å². The number of benzene rings is 4. The monoisotopic (exact) mass is 571 g/mol. The van der Waals surface area contributed by atoms with Gasteiger partial charge in [-0.1, -0.05) is 0 Å². The zero-order valence-corrected chi connectivity index (χ0v) is 26.6. The van der Waals surface area contributed by atoms with Crippen LogP contribution >= 0.6 is 0 Å². The Kier molecular flexibility index (Phi) is 10.9. The number of hydrogen-bond acceptors (Lipinski definition) is 1.